The number of amides is 2. The van der Waals surface area contributed by atoms with Gasteiger partial charge in [-0.1, -0.05) is 18.6 Å². The number of carboxylic acid groups (broad SMARTS) is 1. The van der Waals surface area contributed by atoms with E-state index < -0.39 is 5.97 Å². The van der Waals surface area contributed by atoms with E-state index in [-0.39, 0.29) is 30.2 Å². The SMILES string of the molecule is O=C(O)CC1(CNC(=O)NCc2cccc(F)c2)CCC1. The van der Waals surface area contributed by atoms with Crippen LogP contribution in [0.15, 0.2) is 24.3 Å². The molecule has 0 spiro atoms. The molecule has 0 radical (unpaired) electrons. The summed E-state index contributed by atoms with van der Waals surface area (Å²) in [6.45, 7) is 0.587. The van der Waals surface area contributed by atoms with Gasteiger partial charge in [-0.2, -0.15) is 0 Å². The molecule has 0 aromatic heterocycles. The molecule has 0 bridgehead atoms. The molecule has 0 unspecified atom stereocenters. The van der Waals surface area contributed by atoms with Gasteiger partial charge < -0.3 is 15.7 Å². The van der Waals surface area contributed by atoms with E-state index in [0.29, 0.717) is 12.1 Å². The molecule has 1 aliphatic carbocycles. The van der Waals surface area contributed by atoms with Crippen molar-refractivity contribution >= 4 is 12.0 Å². The quantitative estimate of drug-likeness (QED) is 0.753. The summed E-state index contributed by atoms with van der Waals surface area (Å²) in [7, 11) is 0. The molecule has 0 aliphatic heterocycles. The third-order valence-corrected chi connectivity index (χ3v) is 3.91. The van der Waals surface area contributed by atoms with Gasteiger partial charge in [0.2, 0.25) is 0 Å². The number of carboxylic acids is 1. The molecule has 21 heavy (non-hydrogen) atoms. The summed E-state index contributed by atoms with van der Waals surface area (Å²) < 4.78 is 13.0. The van der Waals surface area contributed by atoms with Crippen molar-refractivity contribution in [3.8, 4) is 0 Å². The minimum Gasteiger partial charge on any atom is -0.481 e. The molecule has 0 heterocycles. The fourth-order valence-corrected chi connectivity index (χ4v) is 2.57. The van der Waals surface area contributed by atoms with Crippen molar-refractivity contribution in [1.82, 2.24) is 10.6 Å². The maximum absolute atomic E-state index is 13.0. The Morgan fingerprint density at radius 1 is 1.29 bits per heavy atom. The average Bonchev–Trinajstić information content (AvgIpc) is 2.39. The molecule has 1 saturated carbocycles. The third-order valence-electron chi connectivity index (χ3n) is 3.91. The summed E-state index contributed by atoms with van der Waals surface area (Å²) in [5.74, 6) is -1.18. The molecule has 2 amide bonds. The minimum absolute atomic E-state index is 0.0805. The zero-order valence-electron chi connectivity index (χ0n) is 11.7. The number of rotatable bonds is 6. The highest BCUT2D eigenvalue weighted by Crippen LogP contribution is 2.43. The number of hydrogen-bond acceptors (Lipinski definition) is 2. The maximum Gasteiger partial charge on any atom is 0.315 e. The van der Waals surface area contributed by atoms with Crippen molar-refractivity contribution in [3.05, 3.63) is 35.6 Å². The van der Waals surface area contributed by atoms with Crippen LogP contribution in [0.5, 0.6) is 0 Å². The van der Waals surface area contributed by atoms with Crippen LogP contribution in [-0.4, -0.2) is 23.7 Å². The lowest BCUT2D eigenvalue weighted by atomic mass is 9.66. The highest BCUT2D eigenvalue weighted by atomic mass is 19.1. The van der Waals surface area contributed by atoms with Crippen molar-refractivity contribution in [2.24, 2.45) is 5.41 Å². The molecule has 2 rings (SSSR count). The van der Waals surface area contributed by atoms with E-state index in [9.17, 15) is 14.0 Å². The maximum atomic E-state index is 13.0. The van der Waals surface area contributed by atoms with Crippen LogP contribution in [0, 0.1) is 11.2 Å². The van der Waals surface area contributed by atoms with Gasteiger partial charge in [0.15, 0.2) is 0 Å². The first kappa shape index (κ1) is 15.3. The topological polar surface area (TPSA) is 78.4 Å². The normalized spacial score (nSPS) is 15.9. The van der Waals surface area contributed by atoms with Crippen LogP contribution in [0.1, 0.15) is 31.2 Å². The molecular weight excluding hydrogens is 275 g/mol. The summed E-state index contributed by atoms with van der Waals surface area (Å²) >= 11 is 0. The Morgan fingerprint density at radius 2 is 2.05 bits per heavy atom. The first-order valence-electron chi connectivity index (χ1n) is 6.97. The lowest BCUT2D eigenvalue weighted by Crippen LogP contribution is -2.46. The minimum atomic E-state index is -0.836. The second kappa shape index (κ2) is 6.56. The van der Waals surface area contributed by atoms with Gasteiger partial charge in [0.1, 0.15) is 5.82 Å². The molecule has 114 valence electrons. The van der Waals surface area contributed by atoms with Crippen LogP contribution >= 0.6 is 0 Å². The number of aliphatic carboxylic acids is 1. The summed E-state index contributed by atoms with van der Waals surface area (Å²) in [6.07, 6.45) is 2.73. The molecule has 1 aliphatic rings. The number of nitrogens with one attached hydrogen (secondary N) is 2. The fourth-order valence-electron chi connectivity index (χ4n) is 2.57. The van der Waals surface area contributed by atoms with Crippen LogP contribution in [-0.2, 0) is 11.3 Å². The molecule has 3 N–H and O–H groups in total. The lowest BCUT2D eigenvalue weighted by Gasteiger charge is -2.40. The van der Waals surface area contributed by atoms with E-state index in [0.717, 1.165) is 19.3 Å². The molecule has 1 aromatic carbocycles. The van der Waals surface area contributed by atoms with E-state index in [4.69, 9.17) is 5.11 Å². The first-order chi connectivity index (χ1) is 9.99. The van der Waals surface area contributed by atoms with E-state index in [1.165, 1.54) is 12.1 Å². The van der Waals surface area contributed by atoms with Gasteiger partial charge in [0, 0.05) is 13.1 Å². The second-order valence-corrected chi connectivity index (χ2v) is 5.59. The number of benzene rings is 1. The first-order valence-corrected chi connectivity index (χ1v) is 6.97. The van der Waals surface area contributed by atoms with Crippen molar-refractivity contribution < 1.29 is 19.1 Å². The molecule has 0 atom stereocenters. The van der Waals surface area contributed by atoms with Crippen LogP contribution in [0.25, 0.3) is 0 Å². The predicted molar refractivity (Wildman–Crippen MR) is 75.2 cm³/mol. The summed E-state index contributed by atoms with van der Waals surface area (Å²) in [5.41, 5.74) is 0.371. The highest BCUT2D eigenvalue weighted by Gasteiger charge is 2.39. The average molecular weight is 294 g/mol. The third kappa shape index (κ3) is 4.44. The number of urea groups is 1. The Bertz CT molecular complexity index is 529. The van der Waals surface area contributed by atoms with Gasteiger partial charge in [-0.05, 0) is 36.0 Å². The Labute approximate surface area is 122 Å². The Morgan fingerprint density at radius 3 is 2.62 bits per heavy atom. The Kier molecular flexibility index (Phi) is 4.77. The molecule has 6 heteroatoms. The van der Waals surface area contributed by atoms with Gasteiger partial charge in [-0.15, -0.1) is 0 Å². The van der Waals surface area contributed by atoms with E-state index >= 15 is 0 Å². The van der Waals surface area contributed by atoms with Crippen LogP contribution < -0.4 is 10.6 Å². The second-order valence-electron chi connectivity index (χ2n) is 5.59. The van der Waals surface area contributed by atoms with Crippen LogP contribution in [0.3, 0.4) is 0 Å². The number of hydrogen-bond donors (Lipinski definition) is 3. The van der Waals surface area contributed by atoms with Gasteiger partial charge >= 0.3 is 12.0 Å². The predicted octanol–water partition coefficient (Wildman–Crippen LogP) is 2.27. The smallest absolute Gasteiger partial charge is 0.315 e. The van der Waals surface area contributed by atoms with Gasteiger partial charge in [-0.25, -0.2) is 9.18 Å². The number of halogens is 1. The van der Waals surface area contributed by atoms with Crippen LogP contribution in [0.4, 0.5) is 9.18 Å². The largest absolute Gasteiger partial charge is 0.481 e. The van der Waals surface area contributed by atoms with Crippen molar-refractivity contribution in [1.29, 1.82) is 0 Å². The molecule has 1 aromatic rings. The van der Waals surface area contributed by atoms with E-state index in [1.54, 1.807) is 12.1 Å². The van der Waals surface area contributed by atoms with Crippen molar-refractivity contribution in [2.75, 3.05) is 6.54 Å². The molecule has 5 nitrogen and oxygen atoms in total. The molecular formula is C15H19FN2O3. The highest BCUT2D eigenvalue weighted by molar-refractivity contribution is 5.74. The number of carbonyl (C=O) groups excluding carboxylic acids is 1. The lowest BCUT2D eigenvalue weighted by molar-refractivity contribution is -0.141. The monoisotopic (exact) mass is 294 g/mol. The van der Waals surface area contributed by atoms with Gasteiger partial charge in [-0.3, -0.25) is 4.79 Å². The Balaban J connectivity index is 1.76. The van der Waals surface area contributed by atoms with Crippen molar-refractivity contribution in [2.45, 2.75) is 32.2 Å². The van der Waals surface area contributed by atoms with E-state index in [1.807, 2.05) is 0 Å². The number of carbonyl (C=O) groups is 2. The van der Waals surface area contributed by atoms with Crippen molar-refractivity contribution in [3.63, 3.8) is 0 Å². The summed E-state index contributed by atoms with van der Waals surface area (Å²) in [6, 6.07) is 5.64. The fraction of sp³-hybridized carbons (Fsp3) is 0.467. The summed E-state index contributed by atoms with van der Waals surface area (Å²) in [4.78, 5) is 22.5. The van der Waals surface area contributed by atoms with Crippen LogP contribution in [0.2, 0.25) is 0 Å². The zero-order chi connectivity index (χ0) is 15.3. The standard InChI is InChI=1S/C15H19FN2O3/c16-12-4-1-3-11(7-12)9-17-14(21)18-10-15(5-2-6-15)8-13(19)20/h1,3-4,7H,2,5-6,8-10H2,(H,19,20)(H2,17,18,21). The molecule has 0 saturated heterocycles. The van der Waals surface area contributed by atoms with Gasteiger partial charge in [0.05, 0.1) is 6.42 Å². The zero-order valence-corrected chi connectivity index (χ0v) is 11.7. The van der Waals surface area contributed by atoms with E-state index in [2.05, 4.69) is 10.6 Å². The Hall–Kier alpha value is -2.11. The van der Waals surface area contributed by atoms with Gasteiger partial charge in [0.25, 0.3) is 0 Å². The molecule has 1 fully saturated rings. The summed E-state index contributed by atoms with van der Waals surface area (Å²) in [5, 5.41) is 14.2.